The second kappa shape index (κ2) is 7.22. The lowest BCUT2D eigenvalue weighted by Crippen LogP contribution is -1.96. The molecular weight excluding hydrogens is 360 g/mol. The fourth-order valence-corrected chi connectivity index (χ4v) is 3.39. The third kappa shape index (κ3) is 3.69. The van der Waals surface area contributed by atoms with Gasteiger partial charge >= 0.3 is 0 Å². The molecule has 0 fully saturated rings. The molecule has 0 radical (unpaired) electrons. The van der Waals surface area contributed by atoms with Gasteiger partial charge in [-0.25, -0.2) is 4.98 Å². The largest absolute Gasteiger partial charge is 0.772 e. The standard InChI is InChI=1S/C20H16N4O2S/c21-20-17(15-5-6-18-19(10-15)23-8-7-22-18)9-16(11-24-20)14-3-1-13(2-4-14)12-27(25)26/h1-11H,12H2,(H2,21,24)(H,25,26)/p-1. The number of fused-ring (bicyclic) bond motifs is 1. The smallest absolute Gasteiger partial charge is 0.131 e. The monoisotopic (exact) mass is 375 g/mol. The molecule has 1 atom stereocenters. The van der Waals surface area contributed by atoms with Crippen molar-refractivity contribution in [3.8, 4) is 22.3 Å². The van der Waals surface area contributed by atoms with Crippen LogP contribution in [0.1, 0.15) is 5.56 Å². The van der Waals surface area contributed by atoms with Gasteiger partial charge in [0.15, 0.2) is 0 Å². The Kier molecular flexibility index (Phi) is 4.62. The van der Waals surface area contributed by atoms with Crippen LogP contribution in [0.25, 0.3) is 33.3 Å². The number of benzene rings is 2. The van der Waals surface area contributed by atoms with E-state index in [1.54, 1.807) is 30.7 Å². The number of nitrogens with zero attached hydrogens (tertiary/aromatic N) is 3. The van der Waals surface area contributed by atoms with Crippen LogP contribution in [-0.2, 0) is 16.8 Å². The van der Waals surface area contributed by atoms with Crippen molar-refractivity contribution in [3.63, 3.8) is 0 Å². The molecule has 0 aliphatic heterocycles. The van der Waals surface area contributed by atoms with Gasteiger partial charge in [-0.15, -0.1) is 0 Å². The molecule has 0 saturated carbocycles. The number of aromatic nitrogens is 3. The van der Waals surface area contributed by atoms with E-state index < -0.39 is 11.1 Å². The Morgan fingerprint density at radius 3 is 2.30 bits per heavy atom. The maximum Gasteiger partial charge on any atom is 0.131 e. The van der Waals surface area contributed by atoms with Gasteiger partial charge in [0.25, 0.3) is 0 Å². The van der Waals surface area contributed by atoms with E-state index in [-0.39, 0.29) is 5.75 Å². The van der Waals surface area contributed by atoms with Crippen molar-refractivity contribution in [1.29, 1.82) is 0 Å². The molecule has 0 spiro atoms. The number of hydrogen-bond acceptors (Lipinski definition) is 6. The number of nitrogens with two attached hydrogens (primary N) is 1. The maximum atomic E-state index is 10.8. The first-order valence-corrected chi connectivity index (χ1v) is 9.46. The average Bonchev–Trinajstić information content (AvgIpc) is 2.68. The van der Waals surface area contributed by atoms with E-state index in [4.69, 9.17) is 5.73 Å². The predicted molar refractivity (Wildman–Crippen MR) is 105 cm³/mol. The first-order valence-electron chi connectivity index (χ1n) is 8.22. The average molecular weight is 375 g/mol. The summed E-state index contributed by atoms with van der Waals surface area (Å²) < 4.78 is 21.6. The second-order valence-corrected chi connectivity index (χ2v) is 6.96. The van der Waals surface area contributed by atoms with E-state index in [1.807, 2.05) is 36.4 Å². The Morgan fingerprint density at radius 2 is 1.56 bits per heavy atom. The zero-order chi connectivity index (χ0) is 18.8. The molecule has 0 aliphatic carbocycles. The number of nitrogen functional groups attached to an aromatic ring is 1. The summed E-state index contributed by atoms with van der Waals surface area (Å²) in [5, 5.41) is 0. The van der Waals surface area contributed by atoms with Crippen molar-refractivity contribution >= 4 is 27.9 Å². The van der Waals surface area contributed by atoms with Crippen molar-refractivity contribution in [2.24, 2.45) is 0 Å². The van der Waals surface area contributed by atoms with E-state index >= 15 is 0 Å². The molecule has 1 unspecified atom stereocenters. The summed E-state index contributed by atoms with van der Waals surface area (Å²) in [4.78, 5) is 12.9. The molecule has 4 aromatic rings. The Labute approximate surface area is 158 Å². The molecular formula is C20H15N4O2S-. The first-order chi connectivity index (χ1) is 13.1. The number of anilines is 1. The lowest BCUT2D eigenvalue weighted by Gasteiger charge is -2.10. The van der Waals surface area contributed by atoms with E-state index in [0.717, 1.165) is 38.9 Å². The highest BCUT2D eigenvalue weighted by molar-refractivity contribution is 7.78. The lowest BCUT2D eigenvalue weighted by molar-refractivity contribution is 0.536. The van der Waals surface area contributed by atoms with Crippen LogP contribution in [0.3, 0.4) is 0 Å². The Balaban J connectivity index is 1.73. The van der Waals surface area contributed by atoms with E-state index in [1.165, 1.54) is 0 Å². The molecule has 4 rings (SSSR count). The van der Waals surface area contributed by atoms with E-state index in [0.29, 0.717) is 5.82 Å². The molecule has 6 nitrogen and oxygen atoms in total. The van der Waals surface area contributed by atoms with Gasteiger partial charge < -0.3 is 10.3 Å². The second-order valence-electron chi connectivity index (χ2n) is 6.06. The van der Waals surface area contributed by atoms with Gasteiger partial charge in [0.1, 0.15) is 5.82 Å². The highest BCUT2D eigenvalue weighted by Gasteiger charge is 2.09. The number of hydrogen-bond donors (Lipinski definition) is 1. The van der Waals surface area contributed by atoms with E-state index in [2.05, 4.69) is 15.0 Å². The topological polar surface area (TPSA) is 105 Å². The zero-order valence-corrected chi connectivity index (χ0v) is 15.0. The highest BCUT2D eigenvalue weighted by Crippen LogP contribution is 2.31. The maximum absolute atomic E-state index is 10.8. The molecule has 0 amide bonds. The summed E-state index contributed by atoms with van der Waals surface area (Å²) >= 11 is -2.10. The van der Waals surface area contributed by atoms with Crippen molar-refractivity contribution in [2.75, 3.05) is 5.73 Å². The Bertz CT molecular complexity index is 1150. The van der Waals surface area contributed by atoms with Gasteiger partial charge in [0, 0.05) is 35.5 Å². The van der Waals surface area contributed by atoms with Gasteiger partial charge in [-0.3, -0.25) is 14.2 Å². The Morgan fingerprint density at radius 1 is 0.852 bits per heavy atom. The molecule has 27 heavy (non-hydrogen) atoms. The van der Waals surface area contributed by atoms with Crippen LogP contribution in [0.15, 0.2) is 67.1 Å². The lowest BCUT2D eigenvalue weighted by atomic mass is 10.00. The van der Waals surface area contributed by atoms with Gasteiger partial charge in [-0.05, 0) is 34.9 Å². The summed E-state index contributed by atoms with van der Waals surface area (Å²) in [6.45, 7) is 0. The predicted octanol–water partition coefficient (Wildman–Crippen LogP) is 3.32. The molecule has 2 aromatic carbocycles. The minimum absolute atomic E-state index is 0.00361. The summed E-state index contributed by atoms with van der Waals surface area (Å²) in [6.07, 6.45) is 5.02. The van der Waals surface area contributed by atoms with Crippen LogP contribution in [0.2, 0.25) is 0 Å². The van der Waals surface area contributed by atoms with Gasteiger partial charge in [0.2, 0.25) is 0 Å². The van der Waals surface area contributed by atoms with Crippen LogP contribution in [-0.4, -0.2) is 23.7 Å². The van der Waals surface area contributed by atoms with Crippen LogP contribution in [0.4, 0.5) is 5.82 Å². The molecule has 134 valence electrons. The van der Waals surface area contributed by atoms with Crippen LogP contribution in [0.5, 0.6) is 0 Å². The molecule has 7 heteroatoms. The molecule has 0 saturated heterocycles. The van der Waals surface area contributed by atoms with Crippen LogP contribution in [0, 0.1) is 0 Å². The summed E-state index contributed by atoms with van der Waals surface area (Å²) in [5.74, 6) is 0.435. The van der Waals surface area contributed by atoms with Crippen molar-refractivity contribution in [2.45, 2.75) is 5.75 Å². The molecule has 2 N–H and O–H groups in total. The number of rotatable bonds is 4. The quantitative estimate of drug-likeness (QED) is 0.549. The van der Waals surface area contributed by atoms with Gasteiger partial charge in [-0.2, -0.15) is 0 Å². The summed E-state index contributed by atoms with van der Waals surface area (Å²) in [5.41, 5.74) is 12.0. The Hall–Kier alpha value is -3.16. The zero-order valence-electron chi connectivity index (χ0n) is 14.2. The summed E-state index contributed by atoms with van der Waals surface area (Å²) in [7, 11) is 0. The molecule has 2 heterocycles. The van der Waals surface area contributed by atoms with Crippen molar-refractivity contribution in [1.82, 2.24) is 15.0 Å². The fourth-order valence-electron chi connectivity index (χ4n) is 2.92. The fraction of sp³-hybridized carbons (Fsp3) is 0.0500. The normalized spacial score (nSPS) is 12.2. The first kappa shape index (κ1) is 17.3. The third-order valence-corrected chi connectivity index (χ3v) is 4.84. The molecule has 2 aromatic heterocycles. The molecule has 0 aliphatic rings. The van der Waals surface area contributed by atoms with Crippen LogP contribution >= 0.6 is 0 Å². The van der Waals surface area contributed by atoms with Gasteiger partial charge in [0.05, 0.1) is 11.0 Å². The van der Waals surface area contributed by atoms with Gasteiger partial charge in [-0.1, -0.05) is 41.4 Å². The summed E-state index contributed by atoms with van der Waals surface area (Å²) in [6, 6.07) is 15.1. The SMILES string of the molecule is Nc1ncc(-c2ccc(CS(=O)[O-])cc2)cc1-c1ccc2nccnc2c1. The third-order valence-electron chi connectivity index (χ3n) is 4.27. The van der Waals surface area contributed by atoms with Crippen LogP contribution < -0.4 is 5.73 Å². The van der Waals surface area contributed by atoms with Crippen molar-refractivity contribution < 1.29 is 8.76 Å². The van der Waals surface area contributed by atoms with Crippen molar-refractivity contribution in [3.05, 3.63) is 72.7 Å². The highest BCUT2D eigenvalue weighted by atomic mass is 32.2. The molecule has 0 bridgehead atoms. The minimum atomic E-state index is -2.10. The minimum Gasteiger partial charge on any atom is -0.772 e. The number of pyridine rings is 1. The van der Waals surface area contributed by atoms with E-state index in [9.17, 15) is 8.76 Å².